The lowest BCUT2D eigenvalue weighted by Gasteiger charge is -2.32. The molecule has 1 aromatic carbocycles. The van der Waals surface area contributed by atoms with Crippen LogP contribution >= 0.6 is 11.6 Å². The lowest BCUT2D eigenvalue weighted by molar-refractivity contribution is -0.382. The average molecular weight is 736 g/mol. The highest BCUT2D eigenvalue weighted by molar-refractivity contribution is 7.88. The molecule has 0 atom stereocenters. The van der Waals surface area contributed by atoms with Crippen molar-refractivity contribution in [2.24, 2.45) is 7.05 Å². The SMILES string of the molecule is CCN(C(=O)c1cc(-c2cnn(-c3c(C(F)(F)F)c(OS(=O)(=O)C(F)(F)C(F)(F)C(F)(F)C(F)(F)F)nn3C)c2)ccc1Cl)C1CC1. The van der Waals surface area contributed by atoms with Crippen molar-refractivity contribution in [2.45, 2.75) is 55.3 Å². The quantitative estimate of drug-likeness (QED) is 0.170. The van der Waals surface area contributed by atoms with E-state index in [1.54, 1.807) is 11.8 Å². The highest BCUT2D eigenvalue weighted by Gasteiger charge is 2.86. The van der Waals surface area contributed by atoms with Crippen molar-refractivity contribution in [3.63, 3.8) is 0 Å². The summed E-state index contributed by atoms with van der Waals surface area (Å²) >= 11 is 6.19. The largest absolute Gasteiger partial charge is 0.460 e. The molecule has 1 saturated carbocycles. The Morgan fingerprint density at radius 3 is 2.11 bits per heavy atom. The van der Waals surface area contributed by atoms with Crippen LogP contribution in [-0.4, -0.2) is 74.6 Å². The van der Waals surface area contributed by atoms with Gasteiger partial charge in [0, 0.05) is 31.4 Å². The molecule has 23 heteroatoms. The van der Waals surface area contributed by atoms with Crippen molar-refractivity contribution >= 4 is 27.6 Å². The number of nitrogens with zero attached hydrogens (tertiary/aromatic N) is 5. The molecule has 2 aromatic heterocycles. The summed E-state index contributed by atoms with van der Waals surface area (Å²) in [5.74, 6) is -19.6. The first-order valence-corrected chi connectivity index (χ1v) is 14.5. The zero-order chi connectivity index (χ0) is 35.7. The van der Waals surface area contributed by atoms with E-state index >= 15 is 0 Å². The lowest BCUT2D eigenvalue weighted by atomic mass is 10.1. The third-order valence-electron chi connectivity index (χ3n) is 6.81. The zero-order valence-corrected chi connectivity index (χ0v) is 24.8. The molecule has 3 aromatic rings. The topological polar surface area (TPSA) is 99.3 Å². The van der Waals surface area contributed by atoms with Gasteiger partial charge < -0.3 is 9.08 Å². The first-order valence-electron chi connectivity index (χ1n) is 12.7. The van der Waals surface area contributed by atoms with Crippen LogP contribution < -0.4 is 4.18 Å². The van der Waals surface area contributed by atoms with Crippen LogP contribution in [-0.2, 0) is 23.3 Å². The molecule has 2 heterocycles. The standard InChI is InChI=1S/C24H18ClF12N5O4S/c1-3-41(13-5-6-13)19(43)14-8-11(4-7-15(14)25)12-9-38-42(10-12)18-16(20(26,27)28)17(39-40(18)2)46-47(44,45)24(36,37)22(31,32)21(29,30)23(33,34)35/h4,7-10,13H,3,5-6H2,1-2H3. The Bertz CT molecular complexity index is 1800. The van der Waals surface area contributed by atoms with Gasteiger partial charge in [-0.25, -0.2) is 9.36 Å². The van der Waals surface area contributed by atoms with Crippen molar-refractivity contribution in [1.82, 2.24) is 24.5 Å². The number of rotatable bonds is 10. The minimum Gasteiger partial charge on any atom is -0.355 e. The molecule has 9 nitrogen and oxygen atoms in total. The van der Waals surface area contributed by atoms with E-state index in [-0.39, 0.29) is 32.4 Å². The molecule has 0 bridgehead atoms. The van der Waals surface area contributed by atoms with E-state index < -0.39 is 62.7 Å². The van der Waals surface area contributed by atoms with Gasteiger partial charge >= 0.3 is 39.6 Å². The first kappa shape index (κ1) is 36.2. The molecule has 4 rings (SSSR count). The van der Waals surface area contributed by atoms with Crippen LogP contribution in [0.15, 0.2) is 30.6 Å². The van der Waals surface area contributed by atoms with Gasteiger partial charge in [-0.3, -0.25) is 4.79 Å². The number of hydrogen-bond donors (Lipinski definition) is 0. The van der Waals surface area contributed by atoms with Crippen molar-refractivity contribution in [2.75, 3.05) is 6.54 Å². The summed E-state index contributed by atoms with van der Waals surface area (Å²) in [5.41, 5.74) is -2.19. The third kappa shape index (κ3) is 6.08. The monoisotopic (exact) mass is 735 g/mol. The smallest absolute Gasteiger partial charge is 0.355 e. The van der Waals surface area contributed by atoms with E-state index in [4.69, 9.17) is 11.6 Å². The molecule has 1 amide bonds. The van der Waals surface area contributed by atoms with E-state index in [1.807, 2.05) is 0 Å². The highest BCUT2D eigenvalue weighted by atomic mass is 35.5. The summed E-state index contributed by atoms with van der Waals surface area (Å²) in [7, 11) is -7.12. The van der Waals surface area contributed by atoms with Gasteiger partial charge in [-0.1, -0.05) is 17.7 Å². The van der Waals surface area contributed by atoms with Gasteiger partial charge in [0.1, 0.15) is 0 Å². The molecule has 0 N–H and O–H groups in total. The Balaban J connectivity index is 1.76. The summed E-state index contributed by atoms with van der Waals surface area (Å²) < 4.78 is 190. The Hall–Kier alpha value is -3.69. The number of hydrogen-bond acceptors (Lipinski definition) is 6. The fourth-order valence-corrected chi connectivity index (χ4v) is 5.37. The maximum absolute atomic E-state index is 14.2. The number of aromatic nitrogens is 4. The van der Waals surface area contributed by atoms with Crippen LogP contribution in [0.25, 0.3) is 16.9 Å². The molecule has 260 valence electrons. The van der Waals surface area contributed by atoms with Crippen molar-refractivity contribution in [3.05, 3.63) is 46.7 Å². The average Bonchev–Trinajstić information content (AvgIpc) is 3.54. The van der Waals surface area contributed by atoms with Crippen LogP contribution in [0.4, 0.5) is 52.7 Å². The second-order valence-corrected chi connectivity index (χ2v) is 12.0. The Labute approximate surface area is 260 Å². The van der Waals surface area contributed by atoms with E-state index in [2.05, 4.69) is 14.4 Å². The number of benzene rings is 1. The minimum atomic E-state index is -7.77. The summed E-state index contributed by atoms with van der Waals surface area (Å²) in [5, 5.41) is -0.835. The molecule has 1 fully saturated rings. The van der Waals surface area contributed by atoms with Crippen molar-refractivity contribution < 1.29 is 70.1 Å². The Morgan fingerprint density at radius 2 is 1.60 bits per heavy atom. The predicted molar refractivity (Wildman–Crippen MR) is 136 cm³/mol. The second kappa shape index (κ2) is 11.5. The fourth-order valence-electron chi connectivity index (χ4n) is 4.30. The number of alkyl halides is 12. The fraction of sp³-hybridized carbons (Fsp3) is 0.458. The molecule has 47 heavy (non-hydrogen) atoms. The van der Waals surface area contributed by atoms with E-state index in [9.17, 15) is 65.9 Å². The van der Waals surface area contributed by atoms with E-state index in [1.165, 1.54) is 18.2 Å². The van der Waals surface area contributed by atoms with E-state index in [0.29, 0.717) is 18.3 Å². The number of carbonyl (C=O) groups is 1. The highest BCUT2D eigenvalue weighted by Crippen LogP contribution is 2.55. The van der Waals surface area contributed by atoms with E-state index in [0.717, 1.165) is 25.2 Å². The Kier molecular flexibility index (Phi) is 8.83. The van der Waals surface area contributed by atoms with Crippen molar-refractivity contribution in [3.8, 4) is 22.8 Å². The summed E-state index contributed by atoms with van der Waals surface area (Å²) in [6, 6.07) is 3.95. The number of amides is 1. The number of halogens is 13. The van der Waals surface area contributed by atoms with Crippen LogP contribution in [0.5, 0.6) is 5.88 Å². The maximum atomic E-state index is 14.2. The van der Waals surface area contributed by atoms with Gasteiger partial charge in [0.25, 0.3) is 11.8 Å². The molecule has 0 saturated heterocycles. The number of aryl methyl sites for hydroxylation is 1. The molecule has 0 radical (unpaired) electrons. The summed E-state index contributed by atoms with van der Waals surface area (Å²) in [6.07, 6.45) is -9.92. The van der Waals surface area contributed by atoms with Gasteiger partial charge in [0.15, 0.2) is 11.4 Å². The molecular formula is C24H18ClF12N5O4S. The van der Waals surface area contributed by atoms with Gasteiger partial charge in [0.2, 0.25) is 0 Å². The number of carbonyl (C=O) groups excluding carboxylic acids is 1. The molecular weight excluding hydrogens is 718 g/mol. The van der Waals surface area contributed by atoms with Gasteiger partial charge in [-0.05, 0) is 37.5 Å². The lowest BCUT2D eigenvalue weighted by Crippen LogP contribution is -2.63. The molecule has 1 aliphatic carbocycles. The molecule has 0 spiro atoms. The maximum Gasteiger partial charge on any atom is 0.460 e. The summed E-state index contributed by atoms with van der Waals surface area (Å²) in [6.45, 7) is 2.08. The Morgan fingerprint density at radius 1 is 1.00 bits per heavy atom. The normalized spacial score (nSPS) is 15.2. The van der Waals surface area contributed by atoms with Gasteiger partial charge in [-0.2, -0.15) is 66.2 Å². The van der Waals surface area contributed by atoms with Crippen LogP contribution in [0.2, 0.25) is 5.02 Å². The molecule has 1 aliphatic rings. The van der Waals surface area contributed by atoms with Crippen LogP contribution in [0.3, 0.4) is 0 Å². The zero-order valence-electron chi connectivity index (χ0n) is 23.3. The van der Waals surface area contributed by atoms with Crippen molar-refractivity contribution in [1.29, 1.82) is 0 Å². The molecule has 0 unspecified atom stereocenters. The molecule has 0 aliphatic heterocycles. The summed E-state index contributed by atoms with van der Waals surface area (Å²) in [4.78, 5) is 14.6. The minimum absolute atomic E-state index is 0.00448. The van der Waals surface area contributed by atoms with Crippen LogP contribution in [0, 0.1) is 0 Å². The van der Waals surface area contributed by atoms with Gasteiger partial charge in [0.05, 0.1) is 16.8 Å². The second-order valence-electron chi connectivity index (χ2n) is 10.0. The van der Waals surface area contributed by atoms with Crippen LogP contribution in [0.1, 0.15) is 35.7 Å². The predicted octanol–water partition coefficient (Wildman–Crippen LogP) is 6.70. The van der Waals surface area contributed by atoms with Gasteiger partial charge in [-0.15, -0.1) is 5.10 Å². The first-order chi connectivity index (χ1) is 21.3. The third-order valence-corrected chi connectivity index (χ3v) is 8.40.